The number of nitrogens with one attached hydrogen (secondary N) is 1. The predicted molar refractivity (Wildman–Crippen MR) is 83.1 cm³/mol. The summed E-state index contributed by atoms with van der Waals surface area (Å²) in [5, 5.41) is 13.4. The first-order valence-electron chi connectivity index (χ1n) is 7.26. The van der Waals surface area contributed by atoms with Crippen LogP contribution in [0.2, 0.25) is 0 Å². The van der Waals surface area contributed by atoms with Crippen molar-refractivity contribution in [1.29, 1.82) is 0 Å². The van der Waals surface area contributed by atoms with Gasteiger partial charge in [0.15, 0.2) is 0 Å². The van der Waals surface area contributed by atoms with Gasteiger partial charge < -0.3 is 5.11 Å². The molecule has 1 atom stereocenters. The summed E-state index contributed by atoms with van der Waals surface area (Å²) >= 11 is 0. The van der Waals surface area contributed by atoms with Crippen LogP contribution in [-0.2, 0) is 21.4 Å². The van der Waals surface area contributed by atoms with Crippen LogP contribution in [0.5, 0.6) is 0 Å². The lowest BCUT2D eigenvalue weighted by molar-refractivity contribution is -0.140. The van der Waals surface area contributed by atoms with Gasteiger partial charge in [-0.1, -0.05) is 27.7 Å². The number of nitrogens with zero attached hydrogens (tertiary/aromatic N) is 2. The Labute approximate surface area is 131 Å². The molecule has 1 aromatic heterocycles. The molecule has 0 spiro atoms. The van der Waals surface area contributed by atoms with Gasteiger partial charge >= 0.3 is 5.97 Å². The average Bonchev–Trinajstić information content (AvgIpc) is 2.60. The average molecular weight is 331 g/mol. The third kappa shape index (κ3) is 4.07. The molecule has 0 fully saturated rings. The van der Waals surface area contributed by atoms with Crippen molar-refractivity contribution in [3.8, 4) is 0 Å². The zero-order valence-electron chi connectivity index (χ0n) is 13.9. The van der Waals surface area contributed by atoms with Crippen LogP contribution in [-0.4, -0.2) is 35.3 Å². The number of rotatable bonds is 7. The second-order valence-corrected chi connectivity index (χ2v) is 7.91. The molecule has 0 radical (unpaired) electrons. The molecule has 1 heterocycles. The number of aliphatic carboxylic acids is 1. The molecule has 8 heteroatoms. The Balaban J connectivity index is 3.23. The highest BCUT2D eigenvalue weighted by molar-refractivity contribution is 7.89. The van der Waals surface area contributed by atoms with Gasteiger partial charge in [-0.15, -0.1) is 0 Å². The first-order valence-corrected chi connectivity index (χ1v) is 8.74. The van der Waals surface area contributed by atoms with Crippen molar-refractivity contribution >= 4 is 16.0 Å². The highest BCUT2D eigenvalue weighted by Crippen LogP contribution is 2.21. The summed E-state index contributed by atoms with van der Waals surface area (Å²) in [6.45, 7) is 11.2. The van der Waals surface area contributed by atoms with E-state index in [0.29, 0.717) is 23.9 Å². The molecule has 126 valence electrons. The minimum Gasteiger partial charge on any atom is -0.480 e. The van der Waals surface area contributed by atoms with E-state index in [1.807, 2.05) is 13.8 Å². The fourth-order valence-electron chi connectivity index (χ4n) is 2.29. The quantitative estimate of drug-likeness (QED) is 0.789. The second kappa shape index (κ2) is 6.78. The molecule has 0 saturated heterocycles. The van der Waals surface area contributed by atoms with Gasteiger partial charge in [0.1, 0.15) is 10.9 Å². The van der Waals surface area contributed by atoms with Crippen LogP contribution in [0.3, 0.4) is 0 Å². The standard InChI is InChI=1S/C14H25N3O4S/c1-8(2)7-17-11(6)13(10(5)15-17)22(20,21)16-12(9(3)4)14(18)19/h8-9,12,16H,7H2,1-6H3,(H,18,19)/t12-/m0/s1. The molecule has 1 aromatic rings. The van der Waals surface area contributed by atoms with Gasteiger partial charge in [0, 0.05) is 6.54 Å². The Morgan fingerprint density at radius 3 is 2.23 bits per heavy atom. The fraction of sp³-hybridized carbons (Fsp3) is 0.714. The SMILES string of the molecule is Cc1nn(CC(C)C)c(C)c1S(=O)(=O)N[C@H](C(=O)O)C(C)C. The van der Waals surface area contributed by atoms with E-state index in [1.165, 1.54) is 0 Å². The summed E-state index contributed by atoms with van der Waals surface area (Å²) in [4.78, 5) is 11.3. The lowest BCUT2D eigenvalue weighted by Crippen LogP contribution is -2.44. The molecule has 0 amide bonds. The van der Waals surface area contributed by atoms with Crippen molar-refractivity contribution in [2.45, 2.75) is 59.0 Å². The van der Waals surface area contributed by atoms with Gasteiger partial charge in [-0.2, -0.15) is 9.82 Å². The molecule has 0 aliphatic heterocycles. The number of carboxylic acids is 1. The van der Waals surface area contributed by atoms with E-state index in [4.69, 9.17) is 5.11 Å². The van der Waals surface area contributed by atoms with E-state index >= 15 is 0 Å². The second-order valence-electron chi connectivity index (χ2n) is 6.26. The molecule has 0 aliphatic carbocycles. The summed E-state index contributed by atoms with van der Waals surface area (Å²) in [6, 6.07) is -1.17. The Morgan fingerprint density at radius 1 is 1.27 bits per heavy atom. The number of aryl methyl sites for hydroxylation is 1. The van der Waals surface area contributed by atoms with Crippen molar-refractivity contribution in [3.63, 3.8) is 0 Å². The van der Waals surface area contributed by atoms with Crippen LogP contribution in [0.15, 0.2) is 4.90 Å². The van der Waals surface area contributed by atoms with E-state index in [0.717, 1.165) is 0 Å². The first-order chi connectivity index (χ1) is 9.97. The van der Waals surface area contributed by atoms with Crippen molar-refractivity contribution in [1.82, 2.24) is 14.5 Å². The Kier molecular flexibility index (Phi) is 5.75. The summed E-state index contributed by atoms with van der Waals surface area (Å²) in [5.41, 5.74) is 0.894. The van der Waals surface area contributed by atoms with Crippen LogP contribution >= 0.6 is 0 Å². The zero-order chi connectivity index (χ0) is 17.2. The van der Waals surface area contributed by atoms with Gasteiger partial charge in [0.05, 0.1) is 11.4 Å². The molecule has 22 heavy (non-hydrogen) atoms. The van der Waals surface area contributed by atoms with Crippen molar-refractivity contribution in [3.05, 3.63) is 11.4 Å². The van der Waals surface area contributed by atoms with Crippen LogP contribution in [0.25, 0.3) is 0 Å². The monoisotopic (exact) mass is 331 g/mol. The maximum atomic E-state index is 12.6. The smallest absolute Gasteiger partial charge is 0.322 e. The summed E-state index contributed by atoms with van der Waals surface area (Å²) < 4.78 is 29.1. The van der Waals surface area contributed by atoms with Gasteiger partial charge in [0.25, 0.3) is 0 Å². The third-order valence-electron chi connectivity index (χ3n) is 3.34. The Morgan fingerprint density at radius 2 is 1.82 bits per heavy atom. The minimum atomic E-state index is -3.94. The molecule has 0 bridgehead atoms. The van der Waals surface area contributed by atoms with Gasteiger partial charge in [-0.05, 0) is 25.7 Å². The van der Waals surface area contributed by atoms with Gasteiger partial charge in [0.2, 0.25) is 10.0 Å². The van der Waals surface area contributed by atoms with Gasteiger partial charge in [-0.3, -0.25) is 9.48 Å². The number of carboxylic acid groups (broad SMARTS) is 1. The number of sulfonamides is 1. The molecular weight excluding hydrogens is 306 g/mol. The number of hydrogen-bond donors (Lipinski definition) is 2. The summed E-state index contributed by atoms with van der Waals surface area (Å²) in [6.07, 6.45) is 0. The van der Waals surface area contributed by atoms with E-state index in [-0.39, 0.29) is 10.8 Å². The molecule has 2 N–H and O–H groups in total. The van der Waals surface area contributed by atoms with E-state index in [9.17, 15) is 13.2 Å². The topological polar surface area (TPSA) is 101 Å². The molecule has 0 saturated carbocycles. The minimum absolute atomic E-state index is 0.0695. The number of carbonyl (C=O) groups is 1. The molecular formula is C14H25N3O4S. The number of aromatic nitrogens is 2. The van der Waals surface area contributed by atoms with Crippen LogP contribution in [0, 0.1) is 25.7 Å². The molecule has 7 nitrogen and oxygen atoms in total. The Bertz CT molecular complexity index is 647. The predicted octanol–water partition coefficient (Wildman–Crippen LogP) is 1.54. The maximum absolute atomic E-state index is 12.6. The molecule has 0 unspecified atom stereocenters. The Hall–Kier alpha value is -1.41. The maximum Gasteiger partial charge on any atom is 0.322 e. The van der Waals surface area contributed by atoms with E-state index in [1.54, 1.807) is 32.4 Å². The normalized spacial score (nSPS) is 13.8. The van der Waals surface area contributed by atoms with Crippen molar-refractivity contribution in [2.24, 2.45) is 11.8 Å². The van der Waals surface area contributed by atoms with E-state index < -0.39 is 22.0 Å². The van der Waals surface area contributed by atoms with Crippen molar-refractivity contribution in [2.75, 3.05) is 0 Å². The first kappa shape index (κ1) is 18.6. The van der Waals surface area contributed by atoms with E-state index in [2.05, 4.69) is 9.82 Å². The third-order valence-corrected chi connectivity index (χ3v) is 5.03. The molecule has 0 aromatic carbocycles. The molecule has 1 rings (SSSR count). The van der Waals surface area contributed by atoms with Crippen LogP contribution in [0.4, 0.5) is 0 Å². The van der Waals surface area contributed by atoms with Gasteiger partial charge in [-0.25, -0.2) is 8.42 Å². The van der Waals surface area contributed by atoms with Crippen LogP contribution in [0.1, 0.15) is 39.1 Å². The number of hydrogen-bond acceptors (Lipinski definition) is 4. The lowest BCUT2D eigenvalue weighted by atomic mass is 10.1. The summed E-state index contributed by atoms with van der Waals surface area (Å²) in [5.74, 6) is -1.23. The lowest BCUT2D eigenvalue weighted by Gasteiger charge is -2.18. The largest absolute Gasteiger partial charge is 0.480 e. The fourth-order valence-corrected chi connectivity index (χ4v) is 4.04. The van der Waals surface area contributed by atoms with Crippen molar-refractivity contribution < 1.29 is 18.3 Å². The molecule has 0 aliphatic rings. The van der Waals surface area contributed by atoms with Crippen LogP contribution < -0.4 is 4.72 Å². The highest BCUT2D eigenvalue weighted by Gasteiger charge is 2.31. The highest BCUT2D eigenvalue weighted by atomic mass is 32.2. The zero-order valence-corrected chi connectivity index (χ0v) is 14.7. The summed E-state index contributed by atoms with van der Waals surface area (Å²) in [7, 11) is -3.94.